The Bertz CT molecular complexity index is 349. The van der Waals surface area contributed by atoms with Gasteiger partial charge in [-0.3, -0.25) is 4.21 Å². The van der Waals surface area contributed by atoms with E-state index in [1.165, 1.54) is 5.56 Å². The van der Waals surface area contributed by atoms with Crippen molar-refractivity contribution in [2.45, 2.75) is 32.1 Å². The van der Waals surface area contributed by atoms with E-state index in [4.69, 9.17) is 5.73 Å². The van der Waals surface area contributed by atoms with Crippen molar-refractivity contribution < 1.29 is 4.21 Å². The molecule has 3 heteroatoms. The van der Waals surface area contributed by atoms with Crippen molar-refractivity contribution in [2.24, 2.45) is 5.73 Å². The second-order valence-corrected chi connectivity index (χ2v) is 6.10. The Morgan fingerprint density at radius 1 is 1.33 bits per heavy atom. The van der Waals surface area contributed by atoms with Gasteiger partial charge in [-0.05, 0) is 18.1 Å². The first-order chi connectivity index (χ1) is 7.02. The van der Waals surface area contributed by atoms with E-state index in [0.717, 1.165) is 5.56 Å². The summed E-state index contributed by atoms with van der Waals surface area (Å²) in [5, 5.41) is 0.181. The lowest BCUT2D eigenvalue weighted by Crippen LogP contribution is -2.22. The average molecular weight is 225 g/mol. The van der Waals surface area contributed by atoms with E-state index in [9.17, 15) is 4.21 Å². The predicted octanol–water partition coefficient (Wildman–Crippen LogP) is 2.15. The predicted molar refractivity (Wildman–Crippen MR) is 66.3 cm³/mol. The number of benzene rings is 1. The molecule has 1 aromatic rings. The van der Waals surface area contributed by atoms with Crippen molar-refractivity contribution in [2.75, 3.05) is 5.75 Å². The molecule has 0 aromatic heterocycles. The van der Waals surface area contributed by atoms with Crippen LogP contribution >= 0.6 is 0 Å². The van der Waals surface area contributed by atoms with Crippen molar-refractivity contribution >= 4 is 10.8 Å². The maximum absolute atomic E-state index is 11.7. The van der Waals surface area contributed by atoms with Crippen molar-refractivity contribution in [3.05, 3.63) is 35.4 Å². The Hall–Kier alpha value is -0.670. The highest BCUT2D eigenvalue weighted by molar-refractivity contribution is 7.85. The number of nitrogens with two attached hydrogens (primary N) is 1. The molecule has 84 valence electrons. The van der Waals surface area contributed by atoms with E-state index in [1.807, 2.05) is 45.0 Å². The molecule has 0 amide bonds. The SMILES string of the molecule is Cc1ccccc1C(N)CS(=O)C(C)C. The van der Waals surface area contributed by atoms with Crippen LogP contribution in [-0.4, -0.2) is 15.2 Å². The lowest BCUT2D eigenvalue weighted by molar-refractivity contribution is 0.668. The van der Waals surface area contributed by atoms with Gasteiger partial charge in [0.05, 0.1) is 0 Å². The molecule has 0 bridgehead atoms. The second kappa shape index (κ2) is 5.42. The van der Waals surface area contributed by atoms with Crippen LogP contribution in [-0.2, 0) is 10.8 Å². The highest BCUT2D eigenvalue weighted by Crippen LogP contribution is 2.16. The Morgan fingerprint density at radius 2 is 1.93 bits per heavy atom. The normalized spacial score (nSPS) is 15.3. The van der Waals surface area contributed by atoms with Gasteiger partial charge in [-0.25, -0.2) is 0 Å². The summed E-state index contributed by atoms with van der Waals surface area (Å²) in [5.41, 5.74) is 8.32. The van der Waals surface area contributed by atoms with Gasteiger partial charge in [0.25, 0.3) is 0 Å². The molecule has 0 spiro atoms. The molecule has 15 heavy (non-hydrogen) atoms. The molecule has 2 nitrogen and oxygen atoms in total. The third-order valence-corrected chi connectivity index (χ3v) is 4.20. The fraction of sp³-hybridized carbons (Fsp3) is 0.500. The van der Waals surface area contributed by atoms with Crippen LogP contribution in [0.25, 0.3) is 0 Å². The standard InChI is InChI=1S/C12H19NOS/c1-9(2)15(14)8-12(13)11-7-5-4-6-10(11)3/h4-7,9,12H,8,13H2,1-3H3. The van der Waals surface area contributed by atoms with E-state index in [-0.39, 0.29) is 11.3 Å². The lowest BCUT2D eigenvalue weighted by Gasteiger charge is -2.15. The molecular formula is C12H19NOS. The van der Waals surface area contributed by atoms with Crippen LogP contribution < -0.4 is 5.73 Å². The van der Waals surface area contributed by atoms with Gasteiger partial charge in [-0.15, -0.1) is 0 Å². The number of rotatable bonds is 4. The van der Waals surface area contributed by atoms with Crippen molar-refractivity contribution in [3.8, 4) is 0 Å². The molecule has 1 aromatic carbocycles. The molecule has 2 atom stereocenters. The lowest BCUT2D eigenvalue weighted by atomic mass is 10.0. The van der Waals surface area contributed by atoms with Crippen molar-refractivity contribution in [1.82, 2.24) is 0 Å². The first-order valence-electron chi connectivity index (χ1n) is 5.20. The zero-order chi connectivity index (χ0) is 11.4. The molecule has 0 aliphatic rings. The molecule has 2 unspecified atom stereocenters. The van der Waals surface area contributed by atoms with Gasteiger partial charge in [0.15, 0.2) is 0 Å². The number of hydrogen-bond acceptors (Lipinski definition) is 2. The first-order valence-corrected chi connectivity index (χ1v) is 6.59. The van der Waals surface area contributed by atoms with Gasteiger partial charge < -0.3 is 5.73 Å². The van der Waals surface area contributed by atoms with Crippen LogP contribution in [0.3, 0.4) is 0 Å². The van der Waals surface area contributed by atoms with E-state index in [2.05, 4.69) is 0 Å². The average Bonchev–Trinajstić information content (AvgIpc) is 2.18. The third kappa shape index (κ3) is 3.43. The van der Waals surface area contributed by atoms with Crippen LogP contribution in [0.4, 0.5) is 0 Å². The summed E-state index contributed by atoms with van der Waals surface area (Å²) < 4.78 is 11.7. The minimum Gasteiger partial charge on any atom is -0.323 e. The number of hydrogen-bond donors (Lipinski definition) is 1. The van der Waals surface area contributed by atoms with Crippen molar-refractivity contribution in [3.63, 3.8) is 0 Å². The van der Waals surface area contributed by atoms with Crippen LogP contribution in [0.2, 0.25) is 0 Å². The highest BCUT2D eigenvalue weighted by atomic mass is 32.2. The van der Waals surface area contributed by atoms with E-state index < -0.39 is 10.8 Å². The largest absolute Gasteiger partial charge is 0.323 e. The zero-order valence-electron chi connectivity index (χ0n) is 9.57. The Labute approximate surface area is 94.3 Å². The molecule has 0 saturated carbocycles. The molecule has 0 fully saturated rings. The third-order valence-electron chi connectivity index (χ3n) is 2.46. The van der Waals surface area contributed by atoms with E-state index >= 15 is 0 Å². The van der Waals surface area contributed by atoms with Crippen LogP contribution in [0.5, 0.6) is 0 Å². The topological polar surface area (TPSA) is 43.1 Å². The van der Waals surface area contributed by atoms with Gasteiger partial charge in [-0.2, -0.15) is 0 Å². The fourth-order valence-corrected chi connectivity index (χ4v) is 2.38. The Kier molecular flexibility index (Phi) is 4.48. The summed E-state index contributed by atoms with van der Waals surface area (Å²) in [4.78, 5) is 0. The zero-order valence-corrected chi connectivity index (χ0v) is 10.4. The fourth-order valence-electron chi connectivity index (χ4n) is 1.46. The molecule has 1 rings (SSSR count). The van der Waals surface area contributed by atoms with Gasteiger partial charge >= 0.3 is 0 Å². The quantitative estimate of drug-likeness (QED) is 0.853. The minimum absolute atomic E-state index is 0.116. The Morgan fingerprint density at radius 3 is 2.47 bits per heavy atom. The maximum atomic E-state index is 11.7. The summed E-state index contributed by atoms with van der Waals surface area (Å²) in [6.45, 7) is 5.95. The smallest absolute Gasteiger partial charge is 0.0431 e. The second-order valence-electron chi connectivity index (χ2n) is 4.06. The molecule has 0 saturated heterocycles. The van der Waals surface area contributed by atoms with Gasteiger partial charge in [0, 0.05) is 27.8 Å². The van der Waals surface area contributed by atoms with Crippen LogP contribution in [0.1, 0.15) is 31.0 Å². The van der Waals surface area contributed by atoms with Crippen molar-refractivity contribution in [1.29, 1.82) is 0 Å². The van der Waals surface area contributed by atoms with Gasteiger partial charge in [0.1, 0.15) is 0 Å². The summed E-state index contributed by atoms with van der Waals surface area (Å²) in [7, 11) is -0.836. The number of aryl methyl sites for hydroxylation is 1. The molecular weight excluding hydrogens is 206 g/mol. The first kappa shape index (κ1) is 12.4. The summed E-state index contributed by atoms with van der Waals surface area (Å²) in [6.07, 6.45) is 0. The van der Waals surface area contributed by atoms with E-state index in [0.29, 0.717) is 5.75 Å². The Balaban J connectivity index is 2.73. The molecule has 0 aliphatic heterocycles. The van der Waals surface area contributed by atoms with Gasteiger partial charge in [0.2, 0.25) is 0 Å². The monoisotopic (exact) mass is 225 g/mol. The van der Waals surface area contributed by atoms with E-state index in [1.54, 1.807) is 0 Å². The van der Waals surface area contributed by atoms with Crippen LogP contribution in [0.15, 0.2) is 24.3 Å². The molecule has 0 radical (unpaired) electrons. The van der Waals surface area contributed by atoms with Crippen LogP contribution in [0, 0.1) is 6.92 Å². The minimum atomic E-state index is -0.836. The summed E-state index contributed by atoms with van der Waals surface area (Å²) >= 11 is 0. The summed E-state index contributed by atoms with van der Waals surface area (Å²) in [6, 6.07) is 7.89. The molecule has 0 heterocycles. The summed E-state index contributed by atoms with van der Waals surface area (Å²) in [5.74, 6) is 0.544. The van der Waals surface area contributed by atoms with Gasteiger partial charge in [-0.1, -0.05) is 38.1 Å². The maximum Gasteiger partial charge on any atom is 0.0431 e. The highest BCUT2D eigenvalue weighted by Gasteiger charge is 2.14. The molecule has 2 N–H and O–H groups in total. The molecule has 0 aliphatic carbocycles.